The average Bonchev–Trinajstić information content (AvgIpc) is 2.57. The van der Waals surface area contributed by atoms with Crippen molar-refractivity contribution in [2.75, 3.05) is 0 Å². The van der Waals surface area contributed by atoms with Crippen LogP contribution in [0.15, 0.2) is 22.8 Å². The van der Waals surface area contributed by atoms with Gasteiger partial charge in [0.2, 0.25) is 0 Å². The van der Waals surface area contributed by atoms with Crippen molar-refractivity contribution in [3.8, 4) is 0 Å². The van der Waals surface area contributed by atoms with E-state index in [4.69, 9.17) is 0 Å². The normalized spacial score (nSPS) is 34.5. The van der Waals surface area contributed by atoms with Gasteiger partial charge >= 0.3 is 0 Å². The summed E-state index contributed by atoms with van der Waals surface area (Å²) in [6.45, 7) is 8.82. The summed E-state index contributed by atoms with van der Waals surface area (Å²) in [4.78, 5) is 11.7. The van der Waals surface area contributed by atoms with Crippen LogP contribution in [0.5, 0.6) is 0 Å². The zero-order valence-electron chi connectivity index (χ0n) is 10.8. The lowest BCUT2D eigenvalue weighted by Crippen LogP contribution is -2.16. The first-order valence-corrected chi connectivity index (χ1v) is 6.35. The van der Waals surface area contributed by atoms with E-state index in [1.54, 1.807) is 5.57 Å². The zero-order chi connectivity index (χ0) is 11.9. The minimum Gasteiger partial charge on any atom is -0.295 e. The van der Waals surface area contributed by atoms with Crippen LogP contribution in [-0.2, 0) is 4.79 Å². The molecule has 0 aromatic carbocycles. The molecule has 0 bridgehead atoms. The fourth-order valence-corrected chi connectivity index (χ4v) is 3.32. The molecule has 0 N–H and O–H groups in total. The lowest BCUT2D eigenvalue weighted by atomic mass is 9.82. The molecule has 16 heavy (non-hydrogen) atoms. The minimum atomic E-state index is 0.332. The fourth-order valence-electron chi connectivity index (χ4n) is 3.32. The van der Waals surface area contributed by atoms with Gasteiger partial charge in [-0.1, -0.05) is 23.6 Å². The van der Waals surface area contributed by atoms with Crippen LogP contribution in [-0.4, -0.2) is 5.78 Å². The number of hydrogen-bond donors (Lipinski definition) is 0. The SMILES string of the molecule is CC1=CC(=O)C[C@@H](C)[C@H]2CC(=C(C)C)C[C@@H]12. The largest absolute Gasteiger partial charge is 0.295 e. The van der Waals surface area contributed by atoms with Crippen LogP contribution >= 0.6 is 0 Å². The number of carbonyl (C=O) groups excluding carboxylic acids is 1. The molecule has 0 aliphatic heterocycles. The molecule has 1 fully saturated rings. The van der Waals surface area contributed by atoms with Gasteiger partial charge in [-0.2, -0.15) is 0 Å². The van der Waals surface area contributed by atoms with Crippen molar-refractivity contribution in [2.45, 2.75) is 47.0 Å². The lowest BCUT2D eigenvalue weighted by molar-refractivity contribution is -0.115. The molecule has 0 spiro atoms. The molecule has 0 unspecified atom stereocenters. The predicted molar refractivity (Wildman–Crippen MR) is 67.1 cm³/mol. The molecule has 0 radical (unpaired) electrons. The first-order valence-electron chi connectivity index (χ1n) is 6.35. The third-order valence-corrected chi connectivity index (χ3v) is 4.40. The van der Waals surface area contributed by atoms with Crippen molar-refractivity contribution in [3.63, 3.8) is 0 Å². The quantitative estimate of drug-likeness (QED) is 0.563. The van der Waals surface area contributed by atoms with Gasteiger partial charge < -0.3 is 0 Å². The predicted octanol–water partition coefficient (Wildman–Crippen LogP) is 3.90. The molecule has 1 nitrogen and oxygen atoms in total. The summed E-state index contributed by atoms with van der Waals surface area (Å²) in [6.07, 6.45) is 5.04. The summed E-state index contributed by atoms with van der Waals surface area (Å²) in [5, 5.41) is 0. The number of fused-ring (bicyclic) bond motifs is 1. The maximum absolute atomic E-state index is 11.7. The van der Waals surface area contributed by atoms with Crippen molar-refractivity contribution < 1.29 is 4.79 Å². The van der Waals surface area contributed by atoms with E-state index >= 15 is 0 Å². The van der Waals surface area contributed by atoms with Gasteiger partial charge in [0, 0.05) is 6.42 Å². The van der Waals surface area contributed by atoms with Gasteiger partial charge in [0.1, 0.15) is 0 Å². The van der Waals surface area contributed by atoms with Gasteiger partial charge in [-0.05, 0) is 57.4 Å². The van der Waals surface area contributed by atoms with Crippen LogP contribution < -0.4 is 0 Å². The Kier molecular flexibility index (Phi) is 3.05. The van der Waals surface area contributed by atoms with Gasteiger partial charge in [-0.25, -0.2) is 0 Å². The van der Waals surface area contributed by atoms with Crippen LogP contribution in [0.1, 0.15) is 47.0 Å². The smallest absolute Gasteiger partial charge is 0.155 e. The highest BCUT2D eigenvalue weighted by Gasteiger charge is 2.37. The molecule has 0 aromatic rings. The Hall–Kier alpha value is -0.850. The molecule has 2 aliphatic rings. The van der Waals surface area contributed by atoms with Gasteiger partial charge in [-0.3, -0.25) is 4.79 Å². The summed E-state index contributed by atoms with van der Waals surface area (Å²) in [6, 6.07) is 0. The molecule has 0 saturated heterocycles. The van der Waals surface area contributed by atoms with Crippen molar-refractivity contribution in [2.24, 2.45) is 17.8 Å². The Morgan fingerprint density at radius 3 is 2.56 bits per heavy atom. The third-order valence-electron chi connectivity index (χ3n) is 4.40. The summed E-state index contributed by atoms with van der Waals surface area (Å²) in [5.74, 6) is 2.21. The third kappa shape index (κ3) is 2.00. The number of carbonyl (C=O) groups is 1. The van der Waals surface area contributed by atoms with E-state index < -0.39 is 0 Å². The monoisotopic (exact) mass is 218 g/mol. The minimum absolute atomic E-state index is 0.332. The highest BCUT2D eigenvalue weighted by Crippen LogP contribution is 2.47. The summed E-state index contributed by atoms with van der Waals surface area (Å²) in [7, 11) is 0. The van der Waals surface area contributed by atoms with E-state index in [9.17, 15) is 4.79 Å². The van der Waals surface area contributed by atoms with Crippen LogP contribution in [0, 0.1) is 17.8 Å². The molecule has 1 saturated carbocycles. The topological polar surface area (TPSA) is 17.1 Å². The highest BCUT2D eigenvalue weighted by atomic mass is 16.1. The Balaban J connectivity index is 2.32. The second-order valence-corrected chi connectivity index (χ2v) is 5.82. The molecule has 0 amide bonds. The second-order valence-electron chi connectivity index (χ2n) is 5.82. The molecule has 88 valence electrons. The second kappa shape index (κ2) is 4.20. The molecule has 3 atom stereocenters. The van der Waals surface area contributed by atoms with Crippen LogP contribution in [0.25, 0.3) is 0 Å². The molecule has 2 rings (SSSR count). The molecule has 0 heterocycles. The first-order chi connectivity index (χ1) is 7.49. The van der Waals surface area contributed by atoms with E-state index in [1.165, 1.54) is 24.0 Å². The average molecular weight is 218 g/mol. The van der Waals surface area contributed by atoms with E-state index in [2.05, 4.69) is 27.7 Å². The van der Waals surface area contributed by atoms with Gasteiger partial charge in [0.15, 0.2) is 5.78 Å². The van der Waals surface area contributed by atoms with E-state index in [0.29, 0.717) is 23.5 Å². The van der Waals surface area contributed by atoms with E-state index in [-0.39, 0.29) is 0 Å². The number of ketones is 1. The Labute approximate surface area is 98.6 Å². The first kappa shape index (κ1) is 11.6. The van der Waals surface area contributed by atoms with Crippen molar-refractivity contribution in [1.29, 1.82) is 0 Å². The van der Waals surface area contributed by atoms with Crippen molar-refractivity contribution in [3.05, 3.63) is 22.8 Å². The Morgan fingerprint density at radius 1 is 1.25 bits per heavy atom. The fraction of sp³-hybridized carbons (Fsp3) is 0.667. The van der Waals surface area contributed by atoms with Gasteiger partial charge in [0.05, 0.1) is 0 Å². The molecule has 0 aromatic heterocycles. The van der Waals surface area contributed by atoms with Crippen LogP contribution in [0.3, 0.4) is 0 Å². The number of rotatable bonds is 0. The van der Waals surface area contributed by atoms with Gasteiger partial charge in [-0.15, -0.1) is 0 Å². The number of hydrogen-bond acceptors (Lipinski definition) is 1. The Bertz CT molecular complexity index is 369. The lowest BCUT2D eigenvalue weighted by Gasteiger charge is -2.22. The van der Waals surface area contributed by atoms with Gasteiger partial charge in [0.25, 0.3) is 0 Å². The van der Waals surface area contributed by atoms with Crippen LogP contribution in [0.2, 0.25) is 0 Å². The molecule has 2 aliphatic carbocycles. The van der Waals surface area contributed by atoms with E-state index in [1.807, 2.05) is 6.08 Å². The molecule has 1 heteroatoms. The molecular formula is C15H22O. The van der Waals surface area contributed by atoms with Crippen molar-refractivity contribution >= 4 is 5.78 Å². The zero-order valence-corrected chi connectivity index (χ0v) is 10.8. The maximum atomic E-state index is 11.7. The highest BCUT2D eigenvalue weighted by molar-refractivity contribution is 5.90. The van der Waals surface area contributed by atoms with Crippen LogP contribution in [0.4, 0.5) is 0 Å². The Morgan fingerprint density at radius 2 is 1.94 bits per heavy atom. The summed E-state index contributed by atoms with van der Waals surface area (Å²) < 4.78 is 0. The standard InChI is InChI=1S/C15H22O/c1-9(2)12-7-14-10(3)5-13(16)6-11(4)15(14)8-12/h5,11,14-15H,6-8H2,1-4H3/t11-,14+,15-/m1/s1. The summed E-state index contributed by atoms with van der Waals surface area (Å²) >= 11 is 0. The molecular weight excluding hydrogens is 196 g/mol. The maximum Gasteiger partial charge on any atom is 0.155 e. The summed E-state index contributed by atoms with van der Waals surface area (Å²) in [5.41, 5.74) is 4.43. The van der Waals surface area contributed by atoms with Crippen molar-refractivity contribution in [1.82, 2.24) is 0 Å². The number of allylic oxidation sites excluding steroid dienone is 4. The van der Waals surface area contributed by atoms with E-state index in [0.717, 1.165) is 6.42 Å².